The maximum atomic E-state index is 3.90. The summed E-state index contributed by atoms with van der Waals surface area (Å²) in [4.78, 5) is 0. The van der Waals surface area contributed by atoms with Gasteiger partial charge in [-0.25, -0.2) is 0 Å². The van der Waals surface area contributed by atoms with Gasteiger partial charge < -0.3 is 5.32 Å². The summed E-state index contributed by atoms with van der Waals surface area (Å²) in [5, 5.41) is 3.45. The Morgan fingerprint density at radius 2 is 1.62 bits per heavy atom. The first kappa shape index (κ1) is 13.0. The van der Waals surface area contributed by atoms with Crippen molar-refractivity contribution in [3.63, 3.8) is 0 Å². The van der Waals surface area contributed by atoms with E-state index in [-0.39, 0.29) is 0 Å². The molecule has 1 heteroatoms. The van der Waals surface area contributed by atoms with E-state index >= 15 is 0 Å². The summed E-state index contributed by atoms with van der Waals surface area (Å²) in [6, 6.07) is 9.26. The van der Waals surface area contributed by atoms with Gasteiger partial charge in [0, 0.05) is 12.6 Å². The predicted octanol–water partition coefficient (Wildman–Crippen LogP) is 4.04. The van der Waals surface area contributed by atoms with Crippen molar-refractivity contribution in [1.82, 2.24) is 5.32 Å². The number of hydrogen-bond acceptors (Lipinski definition) is 1. The van der Waals surface area contributed by atoms with Gasteiger partial charge in [0.2, 0.25) is 0 Å². The molecule has 88 valence electrons. The van der Waals surface area contributed by atoms with Gasteiger partial charge >= 0.3 is 0 Å². The molecule has 0 fully saturated rings. The zero-order valence-corrected chi connectivity index (χ0v) is 10.9. The van der Waals surface area contributed by atoms with Crippen molar-refractivity contribution in [1.29, 1.82) is 0 Å². The summed E-state index contributed by atoms with van der Waals surface area (Å²) >= 11 is 0. The summed E-state index contributed by atoms with van der Waals surface area (Å²) < 4.78 is 0. The van der Waals surface area contributed by atoms with Crippen molar-refractivity contribution in [2.24, 2.45) is 0 Å². The molecule has 16 heavy (non-hydrogen) atoms. The largest absolute Gasteiger partial charge is 0.306 e. The molecular formula is C15H23N. The minimum atomic E-state index is 0.387. The first-order valence-electron chi connectivity index (χ1n) is 5.98. The second kappa shape index (κ2) is 5.86. The lowest BCUT2D eigenvalue weighted by Gasteiger charge is -2.15. The summed E-state index contributed by atoms with van der Waals surface area (Å²) in [5.41, 5.74) is 3.91. The van der Waals surface area contributed by atoms with Gasteiger partial charge in [0.1, 0.15) is 0 Å². The maximum absolute atomic E-state index is 3.90. The highest BCUT2D eigenvalue weighted by Gasteiger charge is 2.05. The van der Waals surface area contributed by atoms with Crippen LogP contribution in [0.5, 0.6) is 0 Å². The lowest BCUT2D eigenvalue weighted by molar-refractivity contribution is 0.607. The normalized spacial score (nSPS) is 12.8. The molecule has 0 aromatic heterocycles. The fourth-order valence-electron chi connectivity index (χ4n) is 1.61. The van der Waals surface area contributed by atoms with Crippen molar-refractivity contribution in [2.75, 3.05) is 6.54 Å². The second-order valence-electron chi connectivity index (χ2n) is 4.88. The Balaban J connectivity index is 2.62. The highest BCUT2D eigenvalue weighted by molar-refractivity contribution is 5.26. The monoisotopic (exact) mass is 217 g/mol. The lowest BCUT2D eigenvalue weighted by atomic mass is 9.99. The third-order valence-corrected chi connectivity index (χ3v) is 2.81. The van der Waals surface area contributed by atoms with Gasteiger partial charge in [-0.05, 0) is 30.9 Å². The first-order valence-corrected chi connectivity index (χ1v) is 5.98. The van der Waals surface area contributed by atoms with Crippen molar-refractivity contribution < 1.29 is 0 Å². The molecule has 0 heterocycles. The van der Waals surface area contributed by atoms with Crippen LogP contribution in [-0.2, 0) is 0 Å². The van der Waals surface area contributed by atoms with E-state index in [4.69, 9.17) is 0 Å². The SMILES string of the molecule is C=C(C)CNC(C)c1ccc(C(C)C)cc1. The van der Waals surface area contributed by atoms with Crippen LogP contribution in [0.2, 0.25) is 0 Å². The zero-order chi connectivity index (χ0) is 12.1. The molecule has 1 aromatic rings. The van der Waals surface area contributed by atoms with E-state index in [1.54, 1.807) is 0 Å². The van der Waals surface area contributed by atoms with E-state index < -0.39 is 0 Å². The van der Waals surface area contributed by atoms with Crippen molar-refractivity contribution in [3.8, 4) is 0 Å². The average molecular weight is 217 g/mol. The van der Waals surface area contributed by atoms with Crippen LogP contribution in [-0.4, -0.2) is 6.54 Å². The fourth-order valence-corrected chi connectivity index (χ4v) is 1.61. The van der Waals surface area contributed by atoms with E-state index in [0.29, 0.717) is 12.0 Å². The lowest BCUT2D eigenvalue weighted by Crippen LogP contribution is -2.20. The quantitative estimate of drug-likeness (QED) is 0.734. The van der Waals surface area contributed by atoms with Crippen LogP contribution < -0.4 is 5.32 Å². The molecule has 1 N–H and O–H groups in total. The van der Waals surface area contributed by atoms with E-state index in [9.17, 15) is 0 Å². The Morgan fingerprint density at radius 1 is 1.12 bits per heavy atom. The molecule has 1 atom stereocenters. The van der Waals surface area contributed by atoms with Crippen LogP contribution in [0, 0.1) is 0 Å². The molecule has 0 bridgehead atoms. The molecule has 0 aliphatic rings. The number of nitrogens with one attached hydrogen (secondary N) is 1. The molecule has 0 spiro atoms. The highest BCUT2D eigenvalue weighted by Crippen LogP contribution is 2.18. The Bertz CT molecular complexity index is 335. The molecule has 1 unspecified atom stereocenters. The number of benzene rings is 1. The summed E-state index contributed by atoms with van der Waals surface area (Å²) in [6.07, 6.45) is 0. The van der Waals surface area contributed by atoms with Crippen molar-refractivity contribution >= 4 is 0 Å². The molecule has 0 saturated heterocycles. The smallest absolute Gasteiger partial charge is 0.0294 e. The van der Waals surface area contributed by atoms with E-state index in [0.717, 1.165) is 6.54 Å². The Hall–Kier alpha value is -1.08. The predicted molar refractivity (Wildman–Crippen MR) is 71.8 cm³/mol. The van der Waals surface area contributed by atoms with E-state index in [1.807, 2.05) is 6.92 Å². The molecule has 0 radical (unpaired) electrons. The summed E-state index contributed by atoms with van der Waals surface area (Å²) in [6.45, 7) is 13.4. The van der Waals surface area contributed by atoms with Crippen LogP contribution in [0.15, 0.2) is 36.4 Å². The highest BCUT2D eigenvalue weighted by atomic mass is 14.9. The van der Waals surface area contributed by atoms with Gasteiger partial charge in [-0.1, -0.05) is 50.3 Å². The molecule has 0 saturated carbocycles. The standard InChI is InChI=1S/C15H23N/c1-11(2)10-16-13(5)15-8-6-14(7-9-15)12(3)4/h6-9,12-13,16H,1,10H2,2-5H3. The maximum Gasteiger partial charge on any atom is 0.0294 e. The number of hydrogen-bond donors (Lipinski definition) is 1. The topological polar surface area (TPSA) is 12.0 Å². The third kappa shape index (κ3) is 3.82. The minimum Gasteiger partial charge on any atom is -0.306 e. The first-order chi connectivity index (χ1) is 7.50. The Labute approximate surface area is 99.6 Å². The zero-order valence-electron chi connectivity index (χ0n) is 10.9. The number of rotatable bonds is 5. The summed E-state index contributed by atoms with van der Waals surface area (Å²) in [7, 11) is 0. The van der Waals surface area contributed by atoms with Gasteiger partial charge in [0.05, 0.1) is 0 Å². The van der Waals surface area contributed by atoms with E-state index in [2.05, 4.69) is 56.9 Å². The second-order valence-corrected chi connectivity index (χ2v) is 4.88. The third-order valence-electron chi connectivity index (χ3n) is 2.81. The molecular weight excluding hydrogens is 194 g/mol. The van der Waals surface area contributed by atoms with Crippen LogP contribution >= 0.6 is 0 Å². The Kier molecular flexibility index (Phi) is 4.75. The van der Waals surface area contributed by atoms with E-state index in [1.165, 1.54) is 16.7 Å². The van der Waals surface area contributed by atoms with Crippen LogP contribution in [0.4, 0.5) is 0 Å². The van der Waals surface area contributed by atoms with Gasteiger partial charge in [-0.3, -0.25) is 0 Å². The van der Waals surface area contributed by atoms with Crippen LogP contribution in [0.3, 0.4) is 0 Å². The molecule has 1 aromatic carbocycles. The minimum absolute atomic E-state index is 0.387. The molecule has 0 amide bonds. The Morgan fingerprint density at radius 3 is 2.06 bits per heavy atom. The molecule has 0 aliphatic carbocycles. The summed E-state index contributed by atoms with van der Waals surface area (Å²) in [5.74, 6) is 0.604. The van der Waals surface area contributed by atoms with Gasteiger partial charge in [0.25, 0.3) is 0 Å². The van der Waals surface area contributed by atoms with Crippen LogP contribution in [0.1, 0.15) is 50.8 Å². The average Bonchev–Trinajstić information content (AvgIpc) is 2.26. The van der Waals surface area contributed by atoms with Crippen molar-refractivity contribution in [2.45, 2.75) is 39.7 Å². The molecule has 1 nitrogen and oxygen atoms in total. The van der Waals surface area contributed by atoms with Crippen molar-refractivity contribution in [3.05, 3.63) is 47.5 Å². The molecule has 0 aliphatic heterocycles. The molecule has 1 rings (SSSR count). The van der Waals surface area contributed by atoms with Crippen LogP contribution in [0.25, 0.3) is 0 Å². The fraction of sp³-hybridized carbons (Fsp3) is 0.467. The van der Waals surface area contributed by atoms with Gasteiger partial charge in [-0.2, -0.15) is 0 Å². The van der Waals surface area contributed by atoms with Gasteiger partial charge in [-0.15, -0.1) is 0 Å². The van der Waals surface area contributed by atoms with Gasteiger partial charge in [0.15, 0.2) is 0 Å².